The van der Waals surface area contributed by atoms with Crippen molar-refractivity contribution >= 4 is 45.5 Å². The van der Waals surface area contributed by atoms with E-state index in [1.165, 1.54) is 6.20 Å². The van der Waals surface area contributed by atoms with Gasteiger partial charge in [0.2, 0.25) is 5.95 Å². The summed E-state index contributed by atoms with van der Waals surface area (Å²) in [4.78, 5) is 27.8. The summed E-state index contributed by atoms with van der Waals surface area (Å²) in [5.74, 6) is 0.837. The van der Waals surface area contributed by atoms with E-state index in [1.54, 1.807) is 23.1 Å². The standard InChI is InChI=1S/C28H21N11O/c1-38(27-30-12-5-13-31-27)21-9-11-23(25(15-21)33-19-8-10-22-24(14-19)35-28(40)34-22)36-37-26-18(16-29)17-32-39(26)20-6-3-2-4-7-20/h2-15,17,33H,1H3,(H2,34,35,40). The van der Waals surface area contributed by atoms with Gasteiger partial charge < -0.3 is 20.2 Å². The van der Waals surface area contributed by atoms with Gasteiger partial charge >= 0.3 is 5.69 Å². The molecular weight excluding hydrogens is 506 g/mol. The average Bonchev–Trinajstić information content (AvgIpc) is 3.58. The van der Waals surface area contributed by atoms with E-state index < -0.39 is 0 Å². The van der Waals surface area contributed by atoms with Gasteiger partial charge in [-0.25, -0.2) is 19.4 Å². The second kappa shape index (κ2) is 10.3. The molecule has 3 heterocycles. The normalized spacial score (nSPS) is 11.1. The third kappa shape index (κ3) is 4.77. The second-order valence-corrected chi connectivity index (χ2v) is 8.71. The Morgan fingerprint density at radius 2 is 1.75 bits per heavy atom. The summed E-state index contributed by atoms with van der Waals surface area (Å²) in [7, 11) is 1.86. The molecule has 12 nitrogen and oxygen atoms in total. The predicted octanol–water partition coefficient (Wildman–Crippen LogP) is 5.63. The third-order valence-electron chi connectivity index (χ3n) is 6.13. The number of anilines is 4. The van der Waals surface area contributed by atoms with Crippen molar-refractivity contribution in [2.75, 3.05) is 17.3 Å². The molecule has 3 N–H and O–H groups in total. The molecule has 0 bridgehead atoms. The maximum atomic E-state index is 11.7. The first-order chi connectivity index (χ1) is 19.6. The van der Waals surface area contributed by atoms with E-state index in [0.29, 0.717) is 39.7 Å². The van der Waals surface area contributed by atoms with Crippen LogP contribution < -0.4 is 15.9 Å². The van der Waals surface area contributed by atoms with Crippen LogP contribution in [0.25, 0.3) is 16.7 Å². The van der Waals surface area contributed by atoms with E-state index in [9.17, 15) is 10.1 Å². The van der Waals surface area contributed by atoms with Crippen molar-refractivity contribution in [1.29, 1.82) is 5.26 Å². The quantitative estimate of drug-likeness (QED) is 0.227. The molecule has 0 radical (unpaired) electrons. The van der Waals surface area contributed by atoms with E-state index in [1.807, 2.05) is 78.7 Å². The Labute approximate surface area is 227 Å². The molecule has 0 aliphatic rings. The van der Waals surface area contributed by atoms with Gasteiger partial charge in [0, 0.05) is 30.8 Å². The minimum Gasteiger partial charge on any atom is -0.354 e. The lowest BCUT2D eigenvalue weighted by molar-refractivity contribution is 0.870. The van der Waals surface area contributed by atoms with Crippen molar-refractivity contribution in [3.8, 4) is 11.8 Å². The molecule has 194 valence electrons. The summed E-state index contributed by atoms with van der Waals surface area (Å²) < 4.78 is 1.57. The number of benzene rings is 3. The number of azo groups is 1. The van der Waals surface area contributed by atoms with E-state index >= 15 is 0 Å². The molecular formula is C28H21N11O. The average molecular weight is 528 g/mol. The SMILES string of the molecule is CN(c1ccc(N=Nc2c(C#N)cnn2-c2ccccc2)c(Nc2ccc3[nH]c(=O)[nH]c3c2)c1)c1ncccn1. The van der Waals surface area contributed by atoms with E-state index in [-0.39, 0.29) is 5.69 Å². The van der Waals surface area contributed by atoms with Gasteiger partial charge in [-0.2, -0.15) is 10.4 Å². The molecule has 6 rings (SSSR count). The lowest BCUT2D eigenvalue weighted by Crippen LogP contribution is -2.12. The summed E-state index contributed by atoms with van der Waals surface area (Å²) in [6, 6.07) is 24.4. The van der Waals surface area contributed by atoms with Gasteiger partial charge in [-0.15, -0.1) is 10.2 Å². The van der Waals surface area contributed by atoms with Crippen LogP contribution in [-0.4, -0.2) is 36.8 Å². The molecule has 3 aromatic heterocycles. The van der Waals surface area contributed by atoms with Crippen LogP contribution in [0.3, 0.4) is 0 Å². The largest absolute Gasteiger partial charge is 0.354 e. The highest BCUT2D eigenvalue weighted by molar-refractivity contribution is 5.83. The Morgan fingerprint density at radius 3 is 2.55 bits per heavy atom. The number of nitrogens with zero attached hydrogens (tertiary/aromatic N) is 8. The first-order valence-corrected chi connectivity index (χ1v) is 12.2. The predicted molar refractivity (Wildman–Crippen MR) is 151 cm³/mol. The Morgan fingerprint density at radius 1 is 0.950 bits per heavy atom. The summed E-state index contributed by atoms with van der Waals surface area (Å²) in [6.07, 6.45) is 4.82. The first kappa shape index (κ1) is 24.3. The summed E-state index contributed by atoms with van der Waals surface area (Å²) >= 11 is 0. The first-order valence-electron chi connectivity index (χ1n) is 12.2. The van der Waals surface area contributed by atoms with Crippen LogP contribution in [0.4, 0.5) is 34.5 Å². The molecule has 0 saturated carbocycles. The molecule has 12 heteroatoms. The van der Waals surface area contributed by atoms with Crippen molar-refractivity contribution in [2.24, 2.45) is 10.2 Å². The summed E-state index contributed by atoms with van der Waals surface area (Å²) in [5, 5.41) is 26.3. The fourth-order valence-electron chi connectivity index (χ4n) is 4.14. The number of nitriles is 1. The van der Waals surface area contributed by atoms with Gasteiger partial charge in [-0.3, -0.25) is 0 Å². The third-order valence-corrected chi connectivity index (χ3v) is 6.13. The smallest absolute Gasteiger partial charge is 0.323 e. The number of para-hydroxylation sites is 1. The Bertz CT molecular complexity index is 1930. The number of nitrogens with one attached hydrogen (secondary N) is 3. The van der Waals surface area contributed by atoms with Gasteiger partial charge in [0.15, 0.2) is 5.82 Å². The zero-order valence-electron chi connectivity index (χ0n) is 21.1. The minimum absolute atomic E-state index is 0.281. The monoisotopic (exact) mass is 527 g/mol. The lowest BCUT2D eigenvalue weighted by Gasteiger charge is -2.19. The Hall–Kier alpha value is -6.09. The summed E-state index contributed by atoms with van der Waals surface area (Å²) in [5.41, 5.74) is 4.79. The maximum Gasteiger partial charge on any atom is 0.323 e. The molecule has 0 unspecified atom stereocenters. The minimum atomic E-state index is -0.281. The molecule has 0 aliphatic heterocycles. The van der Waals surface area contributed by atoms with Gasteiger partial charge in [-0.1, -0.05) is 18.2 Å². The number of H-pyrrole nitrogens is 2. The molecule has 40 heavy (non-hydrogen) atoms. The van der Waals surface area contributed by atoms with Gasteiger partial charge in [0.05, 0.1) is 28.6 Å². The van der Waals surface area contributed by atoms with E-state index in [2.05, 4.69) is 46.6 Å². The van der Waals surface area contributed by atoms with Crippen LogP contribution in [0.5, 0.6) is 0 Å². The molecule has 0 aliphatic carbocycles. The van der Waals surface area contributed by atoms with Crippen molar-refractivity contribution in [3.63, 3.8) is 0 Å². The van der Waals surface area contributed by atoms with Crippen LogP contribution in [0, 0.1) is 11.3 Å². The van der Waals surface area contributed by atoms with Crippen LogP contribution in [0.2, 0.25) is 0 Å². The highest BCUT2D eigenvalue weighted by Crippen LogP contribution is 2.35. The van der Waals surface area contributed by atoms with Crippen molar-refractivity contribution in [2.45, 2.75) is 0 Å². The molecule has 6 aromatic rings. The number of fused-ring (bicyclic) bond motifs is 1. The fourth-order valence-corrected chi connectivity index (χ4v) is 4.14. The van der Waals surface area contributed by atoms with Gasteiger partial charge in [0.1, 0.15) is 17.3 Å². The van der Waals surface area contributed by atoms with Crippen molar-refractivity contribution < 1.29 is 0 Å². The Balaban J connectivity index is 1.41. The van der Waals surface area contributed by atoms with Crippen LogP contribution in [0.15, 0.2) is 106 Å². The number of aromatic nitrogens is 6. The van der Waals surface area contributed by atoms with Gasteiger partial charge in [-0.05, 0) is 54.6 Å². The highest BCUT2D eigenvalue weighted by Gasteiger charge is 2.14. The molecule has 0 amide bonds. The van der Waals surface area contributed by atoms with Crippen LogP contribution in [-0.2, 0) is 0 Å². The Kier molecular flexibility index (Phi) is 6.27. The molecule has 0 atom stereocenters. The number of hydrogen-bond acceptors (Lipinski definition) is 9. The fraction of sp³-hybridized carbons (Fsp3) is 0.0357. The van der Waals surface area contributed by atoms with E-state index in [4.69, 9.17) is 0 Å². The molecule has 3 aromatic carbocycles. The van der Waals surface area contributed by atoms with Crippen LogP contribution in [0.1, 0.15) is 5.56 Å². The zero-order chi connectivity index (χ0) is 27.5. The topological polar surface area (TPSA) is 156 Å². The number of rotatable bonds is 7. The molecule has 0 saturated heterocycles. The lowest BCUT2D eigenvalue weighted by atomic mass is 10.2. The van der Waals surface area contributed by atoms with Crippen LogP contribution >= 0.6 is 0 Å². The van der Waals surface area contributed by atoms with Crippen molar-refractivity contribution in [3.05, 3.63) is 107 Å². The number of hydrogen-bond donors (Lipinski definition) is 3. The second-order valence-electron chi connectivity index (χ2n) is 8.71. The highest BCUT2D eigenvalue weighted by atomic mass is 16.1. The molecule has 0 fully saturated rings. The number of imidazole rings is 1. The number of aromatic amines is 2. The molecule has 0 spiro atoms. The van der Waals surface area contributed by atoms with E-state index in [0.717, 1.165) is 17.1 Å². The zero-order valence-corrected chi connectivity index (χ0v) is 21.1. The van der Waals surface area contributed by atoms with Crippen molar-refractivity contribution in [1.82, 2.24) is 29.7 Å². The summed E-state index contributed by atoms with van der Waals surface area (Å²) in [6.45, 7) is 0. The van der Waals surface area contributed by atoms with Gasteiger partial charge in [0.25, 0.3) is 0 Å². The maximum absolute atomic E-state index is 11.7.